The molecule has 3 nitrogen and oxygen atoms in total. The van der Waals surface area contributed by atoms with Crippen molar-refractivity contribution in [2.45, 2.75) is 20.3 Å². The summed E-state index contributed by atoms with van der Waals surface area (Å²) in [6.45, 7) is 5.18. The lowest BCUT2D eigenvalue weighted by molar-refractivity contribution is -0.131. The van der Waals surface area contributed by atoms with Crippen molar-refractivity contribution >= 4 is 12.2 Å². The summed E-state index contributed by atoms with van der Waals surface area (Å²) in [6, 6.07) is 0. The predicted octanol–water partition coefficient (Wildman–Crippen LogP) is 0.690. The molecule has 12 heavy (non-hydrogen) atoms. The first kappa shape index (κ1) is 9.23. The van der Waals surface area contributed by atoms with E-state index in [0.29, 0.717) is 6.54 Å². The molecular formula is C9H15NO2. The van der Waals surface area contributed by atoms with E-state index in [-0.39, 0.29) is 17.7 Å². The fourth-order valence-electron chi connectivity index (χ4n) is 1.47. The van der Waals surface area contributed by atoms with Crippen molar-refractivity contribution in [3.05, 3.63) is 0 Å². The zero-order valence-electron chi connectivity index (χ0n) is 7.62. The average molecular weight is 169 g/mol. The number of rotatable bonds is 3. The van der Waals surface area contributed by atoms with Gasteiger partial charge in [-0.25, -0.2) is 0 Å². The highest BCUT2D eigenvalue weighted by Gasteiger charge is 2.28. The maximum Gasteiger partial charge on any atom is 0.225 e. The van der Waals surface area contributed by atoms with Gasteiger partial charge in [-0.15, -0.1) is 0 Å². The van der Waals surface area contributed by atoms with Crippen LogP contribution in [0.4, 0.5) is 0 Å². The molecule has 1 aliphatic rings. The zero-order valence-corrected chi connectivity index (χ0v) is 7.62. The minimum Gasteiger partial charge on any atom is -0.342 e. The molecule has 0 aromatic carbocycles. The molecule has 0 aliphatic carbocycles. The second-order valence-corrected chi connectivity index (χ2v) is 3.59. The van der Waals surface area contributed by atoms with E-state index in [9.17, 15) is 9.59 Å². The standard InChI is InChI=1S/C9H15NO2/c1-7(6-11)5-10-4-3-8(2)9(10)12/h6-8H,3-5H2,1-2H3. The number of hydrogen-bond acceptors (Lipinski definition) is 2. The van der Waals surface area contributed by atoms with Crippen LogP contribution in [0.2, 0.25) is 0 Å². The van der Waals surface area contributed by atoms with Crippen LogP contribution in [-0.4, -0.2) is 30.2 Å². The van der Waals surface area contributed by atoms with Crippen LogP contribution in [0.15, 0.2) is 0 Å². The molecule has 68 valence electrons. The molecule has 2 unspecified atom stereocenters. The molecular weight excluding hydrogens is 154 g/mol. The van der Waals surface area contributed by atoms with Crippen molar-refractivity contribution in [3.63, 3.8) is 0 Å². The number of carbonyl (C=O) groups excluding carboxylic acids is 2. The van der Waals surface area contributed by atoms with Gasteiger partial charge in [0, 0.05) is 24.9 Å². The maximum absolute atomic E-state index is 11.4. The van der Waals surface area contributed by atoms with Gasteiger partial charge >= 0.3 is 0 Å². The smallest absolute Gasteiger partial charge is 0.225 e. The van der Waals surface area contributed by atoms with Crippen molar-refractivity contribution in [2.75, 3.05) is 13.1 Å². The SMILES string of the molecule is CC(C=O)CN1CCC(C)C1=O. The minimum atomic E-state index is -0.0285. The van der Waals surface area contributed by atoms with Crippen molar-refractivity contribution in [2.24, 2.45) is 11.8 Å². The summed E-state index contributed by atoms with van der Waals surface area (Å²) < 4.78 is 0. The molecule has 1 saturated heterocycles. The summed E-state index contributed by atoms with van der Waals surface area (Å²) in [4.78, 5) is 23.5. The monoisotopic (exact) mass is 169 g/mol. The lowest BCUT2D eigenvalue weighted by Crippen LogP contribution is -2.31. The minimum absolute atomic E-state index is 0.0285. The largest absolute Gasteiger partial charge is 0.342 e. The second kappa shape index (κ2) is 3.70. The van der Waals surface area contributed by atoms with Gasteiger partial charge in [-0.2, -0.15) is 0 Å². The summed E-state index contributed by atoms with van der Waals surface area (Å²) in [7, 11) is 0. The van der Waals surface area contributed by atoms with Crippen molar-refractivity contribution in [3.8, 4) is 0 Å². The van der Waals surface area contributed by atoms with Gasteiger partial charge in [-0.3, -0.25) is 4.79 Å². The molecule has 1 rings (SSSR count). The highest BCUT2D eigenvalue weighted by atomic mass is 16.2. The fraction of sp³-hybridized carbons (Fsp3) is 0.778. The Balaban J connectivity index is 2.44. The topological polar surface area (TPSA) is 37.4 Å². The molecule has 0 aromatic rings. The first-order valence-electron chi connectivity index (χ1n) is 4.39. The number of nitrogens with zero attached hydrogens (tertiary/aromatic N) is 1. The molecule has 0 aromatic heterocycles. The van der Waals surface area contributed by atoms with Crippen LogP contribution < -0.4 is 0 Å². The van der Waals surface area contributed by atoms with Gasteiger partial charge in [0.1, 0.15) is 6.29 Å². The van der Waals surface area contributed by atoms with Gasteiger partial charge in [0.15, 0.2) is 0 Å². The lowest BCUT2D eigenvalue weighted by Gasteiger charge is -2.17. The van der Waals surface area contributed by atoms with Crippen LogP contribution in [0.1, 0.15) is 20.3 Å². The molecule has 1 fully saturated rings. The van der Waals surface area contributed by atoms with Crippen LogP contribution >= 0.6 is 0 Å². The van der Waals surface area contributed by atoms with Crippen LogP contribution in [-0.2, 0) is 9.59 Å². The Morgan fingerprint density at radius 3 is 2.83 bits per heavy atom. The van der Waals surface area contributed by atoms with Gasteiger partial charge in [0.2, 0.25) is 5.91 Å². The molecule has 3 heteroatoms. The average Bonchev–Trinajstić information content (AvgIpc) is 2.36. The van der Waals surface area contributed by atoms with Gasteiger partial charge in [-0.05, 0) is 6.42 Å². The van der Waals surface area contributed by atoms with Crippen LogP contribution in [0.3, 0.4) is 0 Å². The number of carbonyl (C=O) groups is 2. The molecule has 2 atom stereocenters. The molecule has 1 amide bonds. The summed E-state index contributed by atoms with van der Waals surface area (Å²) >= 11 is 0. The number of amides is 1. The molecule has 0 bridgehead atoms. The molecule has 0 saturated carbocycles. The summed E-state index contributed by atoms with van der Waals surface area (Å²) in [6.07, 6.45) is 1.83. The summed E-state index contributed by atoms with van der Waals surface area (Å²) in [5.41, 5.74) is 0. The Hall–Kier alpha value is -0.860. The van der Waals surface area contributed by atoms with E-state index in [4.69, 9.17) is 0 Å². The number of aldehydes is 1. The fourth-order valence-corrected chi connectivity index (χ4v) is 1.47. The Morgan fingerprint density at radius 1 is 1.75 bits per heavy atom. The lowest BCUT2D eigenvalue weighted by atomic mass is 10.1. The van der Waals surface area contributed by atoms with E-state index in [1.54, 1.807) is 4.90 Å². The van der Waals surface area contributed by atoms with E-state index in [0.717, 1.165) is 19.3 Å². The first-order valence-corrected chi connectivity index (χ1v) is 4.39. The zero-order chi connectivity index (χ0) is 9.14. The van der Waals surface area contributed by atoms with Crippen LogP contribution in [0, 0.1) is 11.8 Å². The van der Waals surface area contributed by atoms with Crippen molar-refractivity contribution < 1.29 is 9.59 Å². The van der Waals surface area contributed by atoms with E-state index < -0.39 is 0 Å². The van der Waals surface area contributed by atoms with Gasteiger partial charge in [0.25, 0.3) is 0 Å². The Kier molecular flexibility index (Phi) is 2.84. The summed E-state index contributed by atoms with van der Waals surface area (Å²) in [5, 5.41) is 0. The first-order chi connectivity index (χ1) is 5.65. The van der Waals surface area contributed by atoms with Crippen LogP contribution in [0.25, 0.3) is 0 Å². The van der Waals surface area contributed by atoms with Gasteiger partial charge in [0.05, 0.1) is 0 Å². The van der Waals surface area contributed by atoms with Crippen molar-refractivity contribution in [1.82, 2.24) is 4.90 Å². The number of likely N-dealkylation sites (tertiary alicyclic amines) is 1. The highest BCUT2D eigenvalue weighted by molar-refractivity contribution is 5.80. The van der Waals surface area contributed by atoms with E-state index in [2.05, 4.69) is 0 Å². The summed E-state index contributed by atoms with van der Waals surface area (Å²) in [5.74, 6) is 0.326. The second-order valence-electron chi connectivity index (χ2n) is 3.59. The van der Waals surface area contributed by atoms with Gasteiger partial charge < -0.3 is 9.69 Å². The predicted molar refractivity (Wildman–Crippen MR) is 45.6 cm³/mol. The Morgan fingerprint density at radius 2 is 2.42 bits per heavy atom. The molecule has 1 heterocycles. The number of hydrogen-bond donors (Lipinski definition) is 0. The highest BCUT2D eigenvalue weighted by Crippen LogP contribution is 2.17. The third kappa shape index (κ3) is 1.84. The van der Waals surface area contributed by atoms with E-state index in [1.807, 2.05) is 13.8 Å². The third-order valence-corrected chi connectivity index (χ3v) is 2.31. The van der Waals surface area contributed by atoms with Crippen molar-refractivity contribution in [1.29, 1.82) is 0 Å². The molecule has 0 radical (unpaired) electrons. The third-order valence-electron chi connectivity index (χ3n) is 2.31. The maximum atomic E-state index is 11.4. The molecule has 0 N–H and O–H groups in total. The van der Waals surface area contributed by atoms with Gasteiger partial charge in [-0.1, -0.05) is 13.8 Å². The molecule has 0 spiro atoms. The Labute approximate surface area is 72.7 Å². The van der Waals surface area contributed by atoms with E-state index in [1.165, 1.54) is 0 Å². The van der Waals surface area contributed by atoms with Crippen LogP contribution in [0.5, 0.6) is 0 Å². The quantitative estimate of drug-likeness (QED) is 0.583. The van der Waals surface area contributed by atoms with E-state index >= 15 is 0 Å². The Bertz CT molecular complexity index is 191. The molecule has 1 aliphatic heterocycles. The normalized spacial score (nSPS) is 26.0.